The lowest BCUT2D eigenvalue weighted by molar-refractivity contribution is -0.122. The number of aromatic nitrogens is 2. The number of nitrogens with one attached hydrogen (secondary N) is 1. The number of carbonyl (C=O) groups excluding carboxylic acids is 1. The van der Waals surface area contributed by atoms with Crippen molar-refractivity contribution in [2.45, 2.75) is 32.9 Å². The molecule has 15 heavy (non-hydrogen) atoms. The third kappa shape index (κ3) is 3.63. The van der Waals surface area contributed by atoms with Gasteiger partial charge in [0.2, 0.25) is 5.91 Å². The van der Waals surface area contributed by atoms with Crippen LogP contribution in [-0.4, -0.2) is 21.9 Å². The molecule has 5 nitrogen and oxygen atoms in total. The summed E-state index contributed by atoms with van der Waals surface area (Å²) >= 11 is 0. The van der Waals surface area contributed by atoms with E-state index in [1.807, 2.05) is 13.8 Å². The van der Waals surface area contributed by atoms with Crippen LogP contribution < -0.4 is 11.1 Å². The molecule has 0 aromatic carbocycles. The van der Waals surface area contributed by atoms with E-state index in [1.54, 1.807) is 12.3 Å². The van der Waals surface area contributed by atoms with E-state index in [9.17, 15) is 4.79 Å². The van der Waals surface area contributed by atoms with Crippen LogP contribution in [0.4, 0.5) is 0 Å². The van der Waals surface area contributed by atoms with Crippen molar-refractivity contribution >= 4 is 5.91 Å². The zero-order valence-electron chi connectivity index (χ0n) is 9.03. The van der Waals surface area contributed by atoms with Gasteiger partial charge in [-0.15, -0.1) is 0 Å². The third-order valence-corrected chi connectivity index (χ3v) is 2.05. The van der Waals surface area contributed by atoms with E-state index in [4.69, 9.17) is 5.73 Å². The fourth-order valence-electron chi connectivity index (χ4n) is 1.10. The van der Waals surface area contributed by atoms with Crippen LogP contribution in [0.3, 0.4) is 0 Å². The quantitative estimate of drug-likeness (QED) is 0.737. The molecule has 0 aliphatic heterocycles. The van der Waals surface area contributed by atoms with Crippen LogP contribution in [0.5, 0.6) is 0 Å². The minimum atomic E-state index is -0.437. The van der Waals surface area contributed by atoms with Gasteiger partial charge in [-0.05, 0) is 19.4 Å². The minimum absolute atomic E-state index is 0.145. The molecule has 0 saturated carbocycles. The Bertz CT molecular complexity index is 340. The van der Waals surface area contributed by atoms with Crippen LogP contribution in [-0.2, 0) is 11.3 Å². The molecule has 1 amide bonds. The van der Waals surface area contributed by atoms with E-state index in [2.05, 4.69) is 15.3 Å². The topological polar surface area (TPSA) is 80.9 Å². The van der Waals surface area contributed by atoms with E-state index in [0.717, 1.165) is 5.69 Å². The molecule has 0 aliphatic rings. The summed E-state index contributed by atoms with van der Waals surface area (Å²) in [5.41, 5.74) is 6.36. The molecule has 1 rings (SSSR count). The highest BCUT2D eigenvalue weighted by Gasteiger charge is 2.09. The van der Waals surface area contributed by atoms with E-state index in [1.165, 1.54) is 0 Å². The van der Waals surface area contributed by atoms with Crippen LogP contribution in [0.1, 0.15) is 24.9 Å². The third-order valence-electron chi connectivity index (χ3n) is 2.05. The fourth-order valence-corrected chi connectivity index (χ4v) is 1.10. The zero-order chi connectivity index (χ0) is 11.3. The van der Waals surface area contributed by atoms with Crippen LogP contribution >= 0.6 is 0 Å². The summed E-state index contributed by atoms with van der Waals surface area (Å²) in [4.78, 5) is 19.5. The Hall–Kier alpha value is -1.49. The second kappa shape index (κ2) is 5.41. The second-order valence-corrected chi connectivity index (χ2v) is 3.33. The first kappa shape index (κ1) is 11.6. The van der Waals surface area contributed by atoms with Crippen molar-refractivity contribution in [3.8, 4) is 0 Å². The summed E-state index contributed by atoms with van der Waals surface area (Å²) in [5.74, 6) is 0.551. The molecule has 1 atom stereocenters. The number of nitrogens with zero attached hydrogens (tertiary/aromatic N) is 2. The molecule has 0 saturated heterocycles. The van der Waals surface area contributed by atoms with Crippen LogP contribution in [0.2, 0.25) is 0 Å². The Kier molecular flexibility index (Phi) is 4.17. The zero-order valence-corrected chi connectivity index (χ0v) is 9.03. The van der Waals surface area contributed by atoms with E-state index in [-0.39, 0.29) is 5.91 Å². The number of hydrogen-bond acceptors (Lipinski definition) is 4. The van der Waals surface area contributed by atoms with Crippen LogP contribution in [0.15, 0.2) is 12.3 Å². The average Bonchev–Trinajstić information content (AvgIpc) is 2.25. The molecule has 1 heterocycles. The predicted molar refractivity (Wildman–Crippen MR) is 56.9 cm³/mol. The molecule has 1 aromatic rings. The van der Waals surface area contributed by atoms with Gasteiger partial charge in [0.1, 0.15) is 5.82 Å². The number of nitrogens with two attached hydrogens (primary N) is 1. The lowest BCUT2D eigenvalue weighted by atomic mass is 10.2. The maximum absolute atomic E-state index is 11.4. The highest BCUT2D eigenvalue weighted by atomic mass is 16.2. The van der Waals surface area contributed by atoms with Crippen molar-refractivity contribution in [1.29, 1.82) is 0 Å². The molecule has 82 valence electrons. The molecule has 0 bridgehead atoms. The molecule has 0 spiro atoms. The molecule has 0 fully saturated rings. The predicted octanol–water partition coefficient (Wildman–Crippen LogP) is 0.139. The van der Waals surface area contributed by atoms with Crippen LogP contribution in [0, 0.1) is 6.92 Å². The van der Waals surface area contributed by atoms with Crippen molar-refractivity contribution in [1.82, 2.24) is 15.3 Å². The molecule has 0 aliphatic carbocycles. The number of hydrogen-bond donors (Lipinski definition) is 2. The van der Waals surface area contributed by atoms with Gasteiger partial charge in [-0.2, -0.15) is 0 Å². The first-order chi connectivity index (χ1) is 7.13. The fraction of sp³-hybridized carbons (Fsp3) is 0.500. The first-order valence-corrected chi connectivity index (χ1v) is 4.95. The summed E-state index contributed by atoms with van der Waals surface area (Å²) in [6, 6.07) is 1.33. The maximum atomic E-state index is 11.4. The second-order valence-electron chi connectivity index (χ2n) is 3.33. The lowest BCUT2D eigenvalue weighted by Gasteiger charge is -2.09. The molecular formula is C10H16N4O. The van der Waals surface area contributed by atoms with Gasteiger partial charge in [-0.3, -0.25) is 4.79 Å². The largest absolute Gasteiger partial charge is 0.349 e. The van der Waals surface area contributed by atoms with Gasteiger partial charge in [0.25, 0.3) is 0 Å². The van der Waals surface area contributed by atoms with Crippen molar-refractivity contribution in [2.24, 2.45) is 5.73 Å². The summed E-state index contributed by atoms with van der Waals surface area (Å²) in [7, 11) is 0. The van der Waals surface area contributed by atoms with Crippen molar-refractivity contribution in [3.63, 3.8) is 0 Å². The summed E-state index contributed by atoms with van der Waals surface area (Å²) < 4.78 is 0. The van der Waals surface area contributed by atoms with Crippen molar-refractivity contribution < 1.29 is 4.79 Å². The Morgan fingerprint density at radius 1 is 1.67 bits per heavy atom. The lowest BCUT2D eigenvalue weighted by Crippen LogP contribution is -2.39. The smallest absolute Gasteiger partial charge is 0.237 e. The molecule has 5 heteroatoms. The van der Waals surface area contributed by atoms with Gasteiger partial charge in [0.15, 0.2) is 0 Å². The van der Waals surface area contributed by atoms with Gasteiger partial charge in [-0.1, -0.05) is 6.92 Å². The molecule has 0 radical (unpaired) electrons. The van der Waals surface area contributed by atoms with Gasteiger partial charge >= 0.3 is 0 Å². The molecular weight excluding hydrogens is 192 g/mol. The summed E-state index contributed by atoms with van der Waals surface area (Å²) in [6.45, 7) is 4.08. The molecule has 3 N–H and O–H groups in total. The SMILES string of the molecule is CC[C@H](N)C(=O)NCc1ccnc(C)n1. The summed E-state index contributed by atoms with van der Waals surface area (Å²) in [5, 5.41) is 2.72. The summed E-state index contributed by atoms with van der Waals surface area (Å²) in [6.07, 6.45) is 2.30. The number of carbonyl (C=O) groups is 1. The average molecular weight is 208 g/mol. The minimum Gasteiger partial charge on any atom is -0.349 e. The number of rotatable bonds is 4. The molecule has 1 aromatic heterocycles. The Balaban J connectivity index is 2.47. The normalized spacial score (nSPS) is 12.2. The Morgan fingerprint density at radius 2 is 2.40 bits per heavy atom. The number of amides is 1. The van der Waals surface area contributed by atoms with E-state index < -0.39 is 6.04 Å². The Morgan fingerprint density at radius 3 is 3.00 bits per heavy atom. The van der Waals surface area contributed by atoms with Crippen molar-refractivity contribution in [2.75, 3.05) is 0 Å². The maximum Gasteiger partial charge on any atom is 0.237 e. The molecule has 0 unspecified atom stereocenters. The van der Waals surface area contributed by atoms with Crippen molar-refractivity contribution in [3.05, 3.63) is 23.8 Å². The van der Waals surface area contributed by atoms with Gasteiger partial charge < -0.3 is 11.1 Å². The van der Waals surface area contributed by atoms with E-state index >= 15 is 0 Å². The first-order valence-electron chi connectivity index (χ1n) is 4.95. The van der Waals surface area contributed by atoms with Gasteiger partial charge in [0, 0.05) is 6.20 Å². The van der Waals surface area contributed by atoms with E-state index in [0.29, 0.717) is 18.8 Å². The number of aryl methyl sites for hydroxylation is 1. The van der Waals surface area contributed by atoms with Gasteiger partial charge in [-0.25, -0.2) is 9.97 Å². The van der Waals surface area contributed by atoms with Crippen LogP contribution in [0.25, 0.3) is 0 Å². The highest BCUT2D eigenvalue weighted by Crippen LogP contribution is 1.94. The highest BCUT2D eigenvalue weighted by molar-refractivity contribution is 5.81. The monoisotopic (exact) mass is 208 g/mol. The standard InChI is InChI=1S/C10H16N4O/c1-3-9(11)10(15)13-6-8-4-5-12-7(2)14-8/h4-5,9H,3,6,11H2,1-2H3,(H,13,15)/t9-/m0/s1. The Labute approximate surface area is 89.1 Å². The van der Waals surface area contributed by atoms with Gasteiger partial charge in [0.05, 0.1) is 18.3 Å².